The Morgan fingerprint density at radius 3 is 2.85 bits per heavy atom. The number of hydrogen-bond donors (Lipinski definition) is 1. The van der Waals surface area contributed by atoms with Crippen LogP contribution in [0.4, 0.5) is 0 Å². The normalized spacial score (nSPS) is 10.5. The fraction of sp³-hybridized carbons (Fsp3) is 0. The van der Waals surface area contributed by atoms with Crippen molar-refractivity contribution >= 4 is 28.6 Å². The highest BCUT2D eigenvalue weighted by Crippen LogP contribution is 2.18. The molecule has 1 N–H and O–H groups in total. The van der Waals surface area contributed by atoms with E-state index in [9.17, 15) is 4.79 Å². The molecule has 0 atom stereocenters. The zero-order valence-electron chi connectivity index (χ0n) is 6.57. The van der Waals surface area contributed by atoms with Crippen LogP contribution in [0.3, 0.4) is 0 Å². The molecule has 1 aromatic heterocycles. The van der Waals surface area contributed by atoms with E-state index in [2.05, 4.69) is 0 Å². The molecular formula is C9H6ClNO2. The fourth-order valence-corrected chi connectivity index (χ4v) is 1.45. The molecule has 0 fully saturated rings. The minimum absolute atomic E-state index is 0.273. The van der Waals surface area contributed by atoms with Gasteiger partial charge in [0.15, 0.2) is 0 Å². The van der Waals surface area contributed by atoms with E-state index in [0.29, 0.717) is 0 Å². The van der Waals surface area contributed by atoms with E-state index in [0.717, 1.165) is 10.9 Å². The molecule has 0 amide bonds. The molecule has 1 aromatic carbocycles. The summed E-state index contributed by atoms with van der Waals surface area (Å²) in [6.45, 7) is 0. The molecule has 13 heavy (non-hydrogen) atoms. The van der Waals surface area contributed by atoms with Crippen molar-refractivity contribution in [2.45, 2.75) is 0 Å². The largest absolute Gasteiger partial charge is 0.478 e. The molecule has 3 nitrogen and oxygen atoms in total. The number of benzene rings is 1. The summed E-state index contributed by atoms with van der Waals surface area (Å²) in [7, 11) is 0. The predicted octanol–water partition coefficient (Wildman–Crippen LogP) is 2.34. The van der Waals surface area contributed by atoms with Crippen LogP contribution < -0.4 is 0 Å². The average Bonchev–Trinajstić information content (AvgIpc) is 2.47. The second kappa shape index (κ2) is 2.78. The van der Waals surface area contributed by atoms with Gasteiger partial charge in [-0.05, 0) is 24.3 Å². The number of nitrogens with zero attached hydrogens (tertiary/aromatic N) is 1. The first-order chi connectivity index (χ1) is 6.18. The van der Waals surface area contributed by atoms with Crippen LogP contribution in [0, 0.1) is 0 Å². The molecule has 0 saturated heterocycles. The molecule has 0 aliphatic carbocycles. The summed E-state index contributed by atoms with van der Waals surface area (Å²) in [4.78, 5) is 10.6. The smallest absolute Gasteiger partial charge is 0.335 e. The fourth-order valence-electron chi connectivity index (χ4n) is 1.24. The van der Waals surface area contributed by atoms with Crippen molar-refractivity contribution in [2.75, 3.05) is 0 Å². The number of halogens is 1. The lowest BCUT2D eigenvalue weighted by atomic mass is 10.1. The van der Waals surface area contributed by atoms with E-state index in [1.165, 1.54) is 10.2 Å². The molecule has 2 rings (SSSR count). The Balaban J connectivity index is 2.70. The summed E-state index contributed by atoms with van der Waals surface area (Å²) >= 11 is 5.77. The minimum atomic E-state index is -0.927. The molecule has 0 bridgehead atoms. The van der Waals surface area contributed by atoms with Gasteiger partial charge in [-0.25, -0.2) is 4.79 Å². The molecule has 0 radical (unpaired) electrons. The maximum atomic E-state index is 10.6. The van der Waals surface area contributed by atoms with Crippen LogP contribution in [0.2, 0.25) is 0 Å². The third-order valence-electron chi connectivity index (χ3n) is 1.89. The van der Waals surface area contributed by atoms with Crippen LogP contribution in [0.5, 0.6) is 0 Å². The van der Waals surface area contributed by atoms with Crippen LogP contribution in [-0.4, -0.2) is 15.2 Å². The van der Waals surface area contributed by atoms with Crippen LogP contribution in [0.25, 0.3) is 10.9 Å². The van der Waals surface area contributed by atoms with E-state index >= 15 is 0 Å². The lowest BCUT2D eigenvalue weighted by Crippen LogP contribution is -1.94. The molecule has 4 heteroatoms. The first-order valence-electron chi connectivity index (χ1n) is 3.69. The molecule has 0 unspecified atom stereocenters. The van der Waals surface area contributed by atoms with Gasteiger partial charge in [-0.3, -0.25) is 4.09 Å². The Bertz CT molecular complexity index is 475. The van der Waals surface area contributed by atoms with E-state index < -0.39 is 5.97 Å². The van der Waals surface area contributed by atoms with Crippen molar-refractivity contribution in [2.24, 2.45) is 0 Å². The van der Waals surface area contributed by atoms with E-state index in [-0.39, 0.29) is 5.56 Å². The van der Waals surface area contributed by atoms with Crippen LogP contribution in [-0.2, 0) is 0 Å². The van der Waals surface area contributed by atoms with Gasteiger partial charge < -0.3 is 5.11 Å². The van der Waals surface area contributed by atoms with Crippen molar-refractivity contribution in [1.29, 1.82) is 0 Å². The summed E-state index contributed by atoms with van der Waals surface area (Å²) in [6, 6.07) is 6.58. The number of carboxylic acid groups (broad SMARTS) is 1. The highest BCUT2D eigenvalue weighted by molar-refractivity contribution is 6.19. The molecular weight excluding hydrogens is 190 g/mol. The second-order valence-electron chi connectivity index (χ2n) is 2.71. The molecule has 0 saturated carbocycles. The summed E-state index contributed by atoms with van der Waals surface area (Å²) in [5.74, 6) is -0.927. The van der Waals surface area contributed by atoms with Gasteiger partial charge in [0.2, 0.25) is 0 Å². The lowest BCUT2D eigenvalue weighted by molar-refractivity contribution is 0.0697. The Morgan fingerprint density at radius 2 is 2.15 bits per heavy atom. The second-order valence-corrected chi connectivity index (χ2v) is 3.07. The van der Waals surface area contributed by atoms with E-state index in [4.69, 9.17) is 16.9 Å². The zero-order chi connectivity index (χ0) is 9.42. The van der Waals surface area contributed by atoms with Gasteiger partial charge in [-0.1, -0.05) is 0 Å². The van der Waals surface area contributed by atoms with Gasteiger partial charge in [0.1, 0.15) is 0 Å². The van der Waals surface area contributed by atoms with Gasteiger partial charge in [0, 0.05) is 23.4 Å². The van der Waals surface area contributed by atoms with Crippen molar-refractivity contribution in [3.8, 4) is 0 Å². The maximum absolute atomic E-state index is 10.6. The van der Waals surface area contributed by atoms with Crippen molar-refractivity contribution in [3.63, 3.8) is 0 Å². The molecule has 2 aromatic rings. The average molecular weight is 196 g/mol. The lowest BCUT2D eigenvalue weighted by Gasteiger charge is -1.95. The molecule has 1 heterocycles. The summed E-state index contributed by atoms with van der Waals surface area (Å²) in [5.41, 5.74) is 1.09. The zero-order valence-corrected chi connectivity index (χ0v) is 7.32. The van der Waals surface area contributed by atoms with Gasteiger partial charge in [0.25, 0.3) is 0 Å². The predicted molar refractivity (Wildman–Crippen MR) is 50.1 cm³/mol. The first-order valence-corrected chi connectivity index (χ1v) is 4.03. The number of hydrogen-bond acceptors (Lipinski definition) is 1. The standard InChI is InChI=1S/C9H6ClNO2/c10-11-4-3-6-5-7(9(12)13)1-2-8(6)11/h1-5H,(H,12,13). The number of aromatic carboxylic acids is 1. The first kappa shape index (κ1) is 8.13. The number of carbonyl (C=O) groups is 1. The van der Waals surface area contributed by atoms with E-state index in [1.807, 2.05) is 0 Å². The highest BCUT2D eigenvalue weighted by atomic mass is 35.5. The molecule has 0 aliphatic heterocycles. The topological polar surface area (TPSA) is 42.2 Å². The van der Waals surface area contributed by atoms with Gasteiger partial charge in [0.05, 0.1) is 11.1 Å². The third-order valence-corrected chi connectivity index (χ3v) is 2.18. The maximum Gasteiger partial charge on any atom is 0.335 e. The van der Waals surface area contributed by atoms with Crippen molar-refractivity contribution < 1.29 is 9.90 Å². The third kappa shape index (κ3) is 1.27. The number of rotatable bonds is 1. The van der Waals surface area contributed by atoms with Crippen molar-refractivity contribution in [3.05, 3.63) is 36.0 Å². The number of fused-ring (bicyclic) bond motifs is 1. The van der Waals surface area contributed by atoms with Crippen LogP contribution >= 0.6 is 11.8 Å². The monoisotopic (exact) mass is 195 g/mol. The van der Waals surface area contributed by atoms with Crippen LogP contribution in [0.15, 0.2) is 30.5 Å². The van der Waals surface area contributed by atoms with Gasteiger partial charge in [-0.15, -0.1) is 0 Å². The number of aromatic nitrogens is 1. The Kier molecular flexibility index (Phi) is 1.74. The Hall–Kier alpha value is -1.48. The highest BCUT2D eigenvalue weighted by Gasteiger charge is 2.05. The van der Waals surface area contributed by atoms with Crippen LogP contribution in [0.1, 0.15) is 10.4 Å². The minimum Gasteiger partial charge on any atom is -0.478 e. The molecule has 0 spiro atoms. The molecule has 0 aliphatic rings. The Labute approximate surface area is 79.3 Å². The Morgan fingerprint density at radius 1 is 1.38 bits per heavy atom. The van der Waals surface area contributed by atoms with E-state index in [1.54, 1.807) is 24.4 Å². The number of carboxylic acids is 1. The van der Waals surface area contributed by atoms with Crippen molar-refractivity contribution in [1.82, 2.24) is 4.09 Å². The summed E-state index contributed by atoms with van der Waals surface area (Å²) < 4.78 is 1.43. The van der Waals surface area contributed by atoms with Gasteiger partial charge >= 0.3 is 5.97 Å². The quantitative estimate of drug-likeness (QED) is 0.759. The SMILES string of the molecule is O=C(O)c1ccc2c(ccn2Cl)c1. The summed E-state index contributed by atoms with van der Waals surface area (Å²) in [5, 5.41) is 9.54. The molecule has 66 valence electrons. The summed E-state index contributed by atoms with van der Waals surface area (Å²) in [6.07, 6.45) is 1.68. The van der Waals surface area contributed by atoms with Gasteiger partial charge in [-0.2, -0.15) is 0 Å².